The van der Waals surface area contributed by atoms with E-state index in [4.69, 9.17) is 5.11 Å². The fraction of sp³-hybridized carbons (Fsp3) is 0.200. The molecule has 1 aromatic carbocycles. The molecule has 9 heteroatoms. The highest BCUT2D eigenvalue weighted by Gasteiger charge is 2.23. The molecule has 0 aliphatic rings. The molecular weight excluding hydrogens is 378 g/mol. The fourth-order valence-corrected chi connectivity index (χ4v) is 3.06. The highest BCUT2D eigenvalue weighted by atomic mass is 79.9. The lowest BCUT2D eigenvalue weighted by Crippen LogP contribution is -2.33. The van der Waals surface area contributed by atoms with Gasteiger partial charge in [0.15, 0.2) is 5.82 Å². The van der Waals surface area contributed by atoms with Crippen molar-refractivity contribution in [1.82, 2.24) is 25.1 Å². The van der Waals surface area contributed by atoms with E-state index in [1.807, 2.05) is 6.92 Å². The molecule has 3 aromatic rings. The van der Waals surface area contributed by atoms with Crippen LogP contribution in [0.1, 0.15) is 25.2 Å². The number of carboxylic acid groups (broad SMARTS) is 1. The maximum absolute atomic E-state index is 13.0. The first-order valence-electron chi connectivity index (χ1n) is 7.23. The molecule has 1 amide bonds. The Morgan fingerprint density at radius 1 is 1.46 bits per heavy atom. The average Bonchev–Trinajstić information content (AvgIpc) is 3.06. The number of aromatic amines is 1. The zero-order valence-corrected chi connectivity index (χ0v) is 14.2. The van der Waals surface area contributed by atoms with Crippen LogP contribution in [0.4, 0.5) is 4.79 Å². The van der Waals surface area contributed by atoms with Gasteiger partial charge in [0.2, 0.25) is 0 Å². The minimum atomic E-state index is -1.18. The van der Waals surface area contributed by atoms with Crippen molar-refractivity contribution in [2.24, 2.45) is 0 Å². The Bertz CT molecular complexity index is 952. The monoisotopic (exact) mass is 391 g/mol. The number of benzene rings is 1. The number of carbonyl (C=O) groups is 1. The molecule has 0 aliphatic carbocycles. The van der Waals surface area contributed by atoms with Crippen LogP contribution < -0.4 is 10.9 Å². The third kappa shape index (κ3) is 2.78. The van der Waals surface area contributed by atoms with Gasteiger partial charge in [-0.25, -0.2) is 14.3 Å². The van der Waals surface area contributed by atoms with Crippen LogP contribution in [0.5, 0.6) is 0 Å². The molecule has 0 aliphatic heterocycles. The maximum Gasteiger partial charge on any atom is 0.405 e. The van der Waals surface area contributed by atoms with Crippen molar-refractivity contribution in [3.8, 4) is 5.82 Å². The van der Waals surface area contributed by atoms with E-state index >= 15 is 0 Å². The summed E-state index contributed by atoms with van der Waals surface area (Å²) in [6.45, 7) is 1.81. The average molecular weight is 392 g/mol. The zero-order valence-electron chi connectivity index (χ0n) is 12.7. The second-order valence-electron chi connectivity index (χ2n) is 5.09. The summed E-state index contributed by atoms with van der Waals surface area (Å²) in [6.07, 6.45) is 0.836. The third-order valence-corrected chi connectivity index (χ3v) is 4.27. The van der Waals surface area contributed by atoms with E-state index in [1.165, 1.54) is 4.57 Å². The number of H-pyrrole nitrogens is 1. The van der Waals surface area contributed by atoms with E-state index in [-0.39, 0.29) is 5.56 Å². The number of halogens is 1. The molecular formula is C15H14BrN5O3. The molecule has 1 unspecified atom stereocenters. The quantitative estimate of drug-likeness (QED) is 0.632. The summed E-state index contributed by atoms with van der Waals surface area (Å²) >= 11 is 3.37. The molecule has 0 saturated carbocycles. The number of nitrogens with zero attached hydrogens (tertiary/aromatic N) is 3. The van der Waals surface area contributed by atoms with Crippen molar-refractivity contribution in [1.29, 1.82) is 0 Å². The summed E-state index contributed by atoms with van der Waals surface area (Å²) in [5.74, 6) is 0.647. The summed E-state index contributed by atoms with van der Waals surface area (Å²) in [7, 11) is 0. The Kier molecular flexibility index (Phi) is 4.34. The third-order valence-electron chi connectivity index (χ3n) is 3.61. The minimum absolute atomic E-state index is 0.294. The summed E-state index contributed by atoms with van der Waals surface area (Å²) < 4.78 is 1.95. The van der Waals surface area contributed by atoms with Gasteiger partial charge in [-0.3, -0.25) is 9.89 Å². The predicted octanol–water partition coefficient (Wildman–Crippen LogP) is 2.59. The molecule has 0 saturated heterocycles. The second-order valence-corrected chi connectivity index (χ2v) is 5.94. The maximum atomic E-state index is 13.0. The molecule has 2 aromatic heterocycles. The highest BCUT2D eigenvalue weighted by Crippen LogP contribution is 2.23. The number of hydrogen-bond acceptors (Lipinski definition) is 4. The van der Waals surface area contributed by atoms with Gasteiger partial charge >= 0.3 is 6.09 Å². The molecule has 2 heterocycles. The fourth-order valence-electron chi connectivity index (χ4n) is 2.54. The lowest BCUT2D eigenvalue weighted by Gasteiger charge is -2.19. The van der Waals surface area contributed by atoms with E-state index < -0.39 is 12.1 Å². The smallest absolute Gasteiger partial charge is 0.405 e. The molecule has 1 atom stereocenters. The molecule has 0 spiro atoms. The van der Waals surface area contributed by atoms with Gasteiger partial charge in [-0.05, 0) is 34.5 Å². The van der Waals surface area contributed by atoms with Crippen molar-refractivity contribution in [3.63, 3.8) is 0 Å². The minimum Gasteiger partial charge on any atom is -0.465 e. The van der Waals surface area contributed by atoms with Crippen LogP contribution in [0, 0.1) is 0 Å². The second kappa shape index (κ2) is 6.44. The van der Waals surface area contributed by atoms with E-state index in [0.29, 0.717) is 33.4 Å². The lowest BCUT2D eigenvalue weighted by molar-refractivity contribution is 0.188. The number of aromatic nitrogens is 4. The molecule has 3 rings (SSSR count). The van der Waals surface area contributed by atoms with Crippen molar-refractivity contribution >= 4 is 32.9 Å². The van der Waals surface area contributed by atoms with Crippen LogP contribution in [-0.4, -0.2) is 30.9 Å². The molecule has 0 fully saturated rings. The van der Waals surface area contributed by atoms with Crippen molar-refractivity contribution in [2.75, 3.05) is 0 Å². The largest absolute Gasteiger partial charge is 0.465 e. The van der Waals surface area contributed by atoms with Crippen LogP contribution in [0.2, 0.25) is 0 Å². The normalized spacial score (nSPS) is 12.2. The molecule has 3 N–H and O–H groups in total. The van der Waals surface area contributed by atoms with Crippen LogP contribution >= 0.6 is 15.9 Å². The summed E-state index contributed by atoms with van der Waals surface area (Å²) in [6, 6.07) is 6.23. The summed E-state index contributed by atoms with van der Waals surface area (Å²) in [5.41, 5.74) is 0.169. The van der Waals surface area contributed by atoms with Gasteiger partial charge in [0.1, 0.15) is 5.82 Å². The van der Waals surface area contributed by atoms with Crippen LogP contribution in [0.25, 0.3) is 16.7 Å². The summed E-state index contributed by atoms with van der Waals surface area (Å²) in [5, 5.41) is 18.6. The van der Waals surface area contributed by atoms with Crippen LogP contribution in [0.3, 0.4) is 0 Å². The standard InChI is InChI=1S/C15H14BrN5O3/c1-2-9(19-15(23)24)13-18-10-5-3-4-8(16)12(10)14(22)21(13)11-6-7-17-20-11/h3-7,9,19H,2H2,1H3,(H,17,20)(H,23,24). The van der Waals surface area contributed by atoms with Crippen molar-refractivity contribution in [3.05, 3.63) is 51.1 Å². The number of nitrogens with one attached hydrogen (secondary N) is 2. The Hall–Kier alpha value is -2.68. The van der Waals surface area contributed by atoms with E-state index in [9.17, 15) is 9.59 Å². The SMILES string of the molecule is CCC(NC(=O)O)c1nc2cccc(Br)c2c(=O)n1-c1cc[nH]n1. The van der Waals surface area contributed by atoms with Gasteiger partial charge in [-0.15, -0.1) is 0 Å². The Labute approximate surface area is 144 Å². The lowest BCUT2D eigenvalue weighted by atomic mass is 10.1. The van der Waals surface area contributed by atoms with Crippen LogP contribution in [-0.2, 0) is 0 Å². The number of fused-ring (bicyclic) bond motifs is 1. The first-order chi connectivity index (χ1) is 11.5. The van der Waals surface area contributed by atoms with Crippen molar-refractivity contribution < 1.29 is 9.90 Å². The molecule has 0 radical (unpaired) electrons. The first kappa shape index (κ1) is 16.2. The van der Waals surface area contributed by atoms with E-state index in [1.54, 1.807) is 30.5 Å². The number of amides is 1. The van der Waals surface area contributed by atoms with Crippen molar-refractivity contribution in [2.45, 2.75) is 19.4 Å². The Morgan fingerprint density at radius 2 is 2.25 bits per heavy atom. The molecule has 24 heavy (non-hydrogen) atoms. The van der Waals surface area contributed by atoms with Crippen LogP contribution in [0.15, 0.2) is 39.7 Å². The molecule has 0 bridgehead atoms. The summed E-state index contributed by atoms with van der Waals surface area (Å²) in [4.78, 5) is 28.7. The topological polar surface area (TPSA) is 113 Å². The Morgan fingerprint density at radius 3 is 2.88 bits per heavy atom. The van der Waals surface area contributed by atoms with Gasteiger partial charge < -0.3 is 10.4 Å². The van der Waals surface area contributed by atoms with E-state index in [2.05, 4.69) is 36.4 Å². The van der Waals surface area contributed by atoms with Gasteiger partial charge in [0, 0.05) is 16.7 Å². The number of hydrogen-bond donors (Lipinski definition) is 3. The Balaban J connectivity index is 2.37. The highest BCUT2D eigenvalue weighted by molar-refractivity contribution is 9.10. The van der Waals surface area contributed by atoms with Gasteiger partial charge in [-0.2, -0.15) is 5.10 Å². The predicted molar refractivity (Wildman–Crippen MR) is 91.4 cm³/mol. The van der Waals surface area contributed by atoms with Gasteiger partial charge in [0.25, 0.3) is 5.56 Å². The van der Waals surface area contributed by atoms with Gasteiger partial charge in [0.05, 0.1) is 16.9 Å². The first-order valence-corrected chi connectivity index (χ1v) is 8.03. The number of rotatable bonds is 4. The molecule has 8 nitrogen and oxygen atoms in total. The molecule has 124 valence electrons. The van der Waals surface area contributed by atoms with E-state index in [0.717, 1.165) is 0 Å². The van der Waals surface area contributed by atoms with Gasteiger partial charge in [-0.1, -0.05) is 13.0 Å². The zero-order chi connectivity index (χ0) is 17.3.